The lowest BCUT2D eigenvalue weighted by atomic mass is 10.2. The first-order valence-corrected chi connectivity index (χ1v) is 9.86. The smallest absolute Gasteiger partial charge is 0.258 e. The highest BCUT2D eigenvalue weighted by Crippen LogP contribution is 2.32. The van der Waals surface area contributed by atoms with Crippen molar-refractivity contribution in [2.24, 2.45) is 4.99 Å². The van der Waals surface area contributed by atoms with Crippen LogP contribution < -0.4 is 20.1 Å². The fourth-order valence-electron chi connectivity index (χ4n) is 3.20. The first kappa shape index (κ1) is 19.5. The van der Waals surface area contributed by atoms with Crippen molar-refractivity contribution in [2.75, 3.05) is 25.3 Å². The number of fused-ring (bicyclic) bond motifs is 1. The SMILES string of the molecule is Cc1cc(Cl)ccc1NC(=NC[C@H]1CCCO1)NC(=O)c1ccc2c(c1)OCO2. The Bertz CT molecular complexity index is 942. The minimum absolute atomic E-state index is 0.0700. The largest absolute Gasteiger partial charge is 0.454 e. The fourth-order valence-corrected chi connectivity index (χ4v) is 3.43. The molecular formula is C21H22ClN3O4. The second-order valence-corrected chi connectivity index (χ2v) is 7.37. The highest BCUT2D eigenvalue weighted by atomic mass is 35.5. The van der Waals surface area contributed by atoms with Crippen LogP contribution in [-0.4, -0.2) is 37.9 Å². The van der Waals surface area contributed by atoms with Crippen molar-refractivity contribution in [3.63, 3.8) is 0 Å². The molecule has 0 saturated carbocycles. The Balaban J connectivity index is 1.52. The number of anilines is 1. The summed E-state index contributed by atoms with van der Waals surface area (Å²) in [4.78, 5) is 17.4. The van der Waals surface area contributed by atoms with Gasteiger partial charge in [-0.15, -0.1) is 0 Å². The molecule has 2 heterocycles. The molecule has 152 valence electrons. The minimum atomic E-state index is -0.298. The van der Waals surface area contributed by atoms with Crippen molar-refractivity contribution in [1.29, 1.82) is 0 Å². The van der Waals surface area contributed by atoms with Gasteiger partial charge >= 0.3 is 0 Å². The number of nitrogens with one attached hydrogen (secondary N) is 2. The maximum Gasteiger partial charge on any atom is 0.258 e. The van der Waals surface area contributed by atoms with Gasteiger partial charge in [-0.3, -0.25) is 10.1 Å². The maximum atomic E-state index is 12.8. The molecule has 4 rings (SSSR count). The average Bonchev–Trinajstić information content (AvgIpc) is 3.39. The molecule has 1 fully saturated rings. The van der Waals surface area contributed by atoms with E-state index in [0.29, 0.717) is 34.6 Å². The average molecular weight is 416 g/mol. The summed E-state index contributed by atoms with van der Waals surface area (Å²) in [6, 6.07) is 10.6. The first-order chi connectivity index (χ1) is 14.1. The van der Waals surface area contributed by atoms with Gasteiger partial charge in [0.25, 0.3) is 5.91 Å². The summed E-state index contributed by atoms with van der Waals surface area (Å²) >= 11 is 6.05. The van der Waals surface area contributed by atoms with Crippen molar-refractivity contribution in [3.05, 3.63) is 52.5 Å². The van der Waals surface area contributed by atoms with Crippen LogP contribution in [0.4, 0.5) is 5.69 Å². The molecule has 29 heavy (non-hydrogen) atoms. The van der Waals surface area contributed by atoms with Crippen LogP contribution in [-0.2, 0) is 4.74 Å². The van der Waals surface area contributed by atoms with Crippen molar-refractivity contribution in [3.8, 4) is 11.5 Å². The van der Waals surface area contributed by atoms with Gasteiger partial charge in [-0.25, -0.2) is 4.99 Å². The number of aryl methyl sites for hydroxylation is 1. The number of ether oxygens (including phenoxy) is 3. The lowest BCUT2D eigenvalue weighted by Crippen LogP contribution is -2.37. The lowest BCUT2D eigenvalue weighted by molar-refractivity contribution is 0.0975. The molecule has 7 nitrogen and oxygen atoms in total. The van der Waals surface area contributed by atoms with Crippen LogP contribution in [0, 0.1) is 6.92 Å². The van der Waals surface area contributed by atoms with E-state index in [9.17, 15) is 4.79 Å². The molecule has 2 N–H and O–H groups in total. The van der Waals surface area contributed by atoms with E-state index in [1.54, 1.807) is 24.3 Å². The molecule has 2 aromatic carbocycles. The molecule has 0 spiro atoms. The zero-order valence-electron chi connectivity index (χ0n) is 16.0. The Labute approximate surface area is 174 Å². The minimum Gasteiger partial charge on any atom is -0.454 e. The van der Waals surface area contributed by atoms with Crippen LogP contribution in [0.3, 0.4) is 0 Å². The molecule has 0 aromatic heterocycles. The third-order valence-electron chi connectivity index (χ3n) is 4.79. The number of carbonyl (C=O) groups excluding carboxylic acids is 1. The lowest BCUT2D eigenvalue weighted by Gasteiger charge is -2.15. The molecule has 0 bridgehead atoms. The molecule has 2 aromatic rings. The quantitative estimate of drug-likeness (QED) is 0.587. The van der Waals surface area contributed by atoms with Crippen molar-refractivity contribution < 1.29 is 19.0 Å². The van der Waals surface area contributed by atoms with E-state index < -0.39 is 0 Å². The molecule has 1 atom stereocenters. The standard InChI is InChI=1S/C21H22ClN3O4/c1-13-9-15(22)5-6-17(13)24-21(23-11-16-3-2-8-27-16)25-20(26)14-4-7-18-19(10-14)29-12-28-18/h4-7,9-10,16H,2-3,8,11-12H2,1H3,(H2,23,24,25,26)/t16-/m1/s1. The number of benzene rings is 2. The van der Waals surface area contributed by atoms with E-state index in [1.165, 1.54) is 0 Å². The summed E-state index contributed by atoms with van der Waals surface area (Å²) in [6.45, 7) is 3.32. The van der Waals surface area contributed by atoms with Crippen LogP contribution in [0.1, 0.15) is 28.8 Å². The third kappa shape index (κ3) is 4.81. The Morgan fingerprint density at radius 1 is 1.21 bits per heavy atom. The molecule has 2 aliphatic heterocycles. The number of nitrogens with zero attached hydrogens (tertiary/aromatic N) is 1. The number of aliphatic imine (C=N–C) groups is 1. The number of carbonyl (C=O) groups is 1. The number of hydrogen-bond acceptors (Lipinski definition) is 5. The molecular weight excluding hydrogens is 394 g/mol. The van der Waals surface area contributed by atoms with Crippen LogP contribution >= 0.6 is 11.6 Å². The molecule has 2 aliphatic rings. The predicted molar refractivity (Wildman–Crippen MR) is 111 cm³/mol. The summed E-state index contributed by atoms with van der Waals surface area (Å²) in [5, 5.41) is 6.70. The number of rotatable bonds is 4. The van der Waals surface area contributed by atoms with Gasteiger partial charge in [0.2, 0.25) is 12.8 Å². The highest BCUT2D eigenvalue weighted by Gasteiger charge is 2.19. The second-order valence-electron chi connectivity index (χ2n) is 6.93. The Hall–Kier alpha value is -2.77. The normalized spacial score (nSPS) is 18.0. The topological polar surface area (TPSA) is 81.2 Å². The summed E-state index contributed by atoms with van der Waals surface area (Å²) < 4.78 is 16.3. The van der Waals surface area contributed by atoms with Gasteiger partial charge in [-0.2, -0.15) is 0 Å². The maximum absolute atomic E-state index is 12.8. The molecule has 1 saturated heterocycles. The second kappa shape index (κ2) is 8.71. The van der Waals surface area contributed by atoms with Gasteiger partial charge in [0.1, 0.15) is 0 Å². The molecule has 8 heteroatoms. The summed E-state index contributed by atoms with van der Waals surface area (Å²) in [5.41, 5.74) is 2.21. The van der Waals surface area contributed by atoms with Gasteiger partial charge < -0.3 is 19.5 Å². The molecule has 0 radical (unpaired) electrons. The van der Waals surface area contributed by atoms with E-state index >= 15 is 0 Å². The van der Waals surface area contributed by atoms with Crippen LogP contribution in [0.5, 0.6) is 11.5 Å². The highest BCUT2D eigenvalue weighted by molar-refractivity contribution is 6.30. The van der Waals surface area contributed by atoms with Gasteiger partial charge in [0, 0.05) is 22.9 Å². The predicted octanol–water partition coefficient (Wildman–Crippen LogP) is 3.75. The van der Waals surface area contributed by atoms with Crippen LogP contribution in [0.25, 0.3) is 0 Å². The first-order valence-electron chi connectivity index (χ1n) is 9.49. The third-order valence-corrected chi connectivity index (χ3v) is 5.02. The van der Waals surface area contributed by atoms with Crippen molar-refractivity contribution >= 4 is 29.2 Å². The van der Waals surface area contributed by atoms with E-state index in [4.69, 9.17) is 25.8 Å². The van der Waals surface area contributed by atoms with Crippen molar-refractivity contribution in [2.45, 2.75) is 25.9 Å². The number of halogens is 1. The zero-order valence-corrected chi connectivity index (χ0v) is 16.8. The number of hydrogen-bond donors (Lipinski definition) is 2. The summed E-state index contributed by atoms with van der Waals surface area (Å²) in [7, 11) is 0. The van der Waals surface area contributed by atoms with Gasteiger partial charge in [-0.1, -0.05) is 11.6 Å². The monoisotopic (exact) mass is 415 g/mol. The zero-order chi connectivity index (χ0) is 20.2. The molecule has 0 unspecified atom stereocenters. The molecule has 0 aliphatic carbocycles. The fraction of sp³-hybridized carbons (Fsp3) is 0.333. The van der Waals surface area contributed by atoms with E-state index in [2.05, 4.69) is 15.6 Å². The Kier molecular flexibility index (Phi) is 5.87. The van der Waals surface area contributed by atoms with E-state index in [1.807, 2.05) is 19.1 Å². The molecule has 1 amide bonds. The Morgan fingerprint density at radius 3 is 2.86 bits per heavy atom. The number of amides is 1. The van der Waals surface area contributed by atoms with E-state index in [0.717, 1.165) is 30.7 Å². The van der Waals surface area contributed by atoms with Gasteiger partial charge in [-0.05, 0) is 61.7 Å². The number of guanidine groups is 1. The van der Waals surface area contributed by atoms with Gasteiger partial charge in [0.15, 0.2) is 11.5 Å². The summed E-state index contributed by atoms with van der Waals surface area (Å²) in [5.74, 6) is 1.24. The van der Waals surface area contributed by atoms with Crippen LogP contribution in [0.2, 0.25) is 5.02 Å². The van der Waals surface area contributed by atoms with E-state index in [-0.39, 0.29) is 18.8 Å². The van der Waals surface area contributed by atoms with Crippen molar-refractivity contribution in [1.82, 2.24) is 5.32 Å². The van der Waals surface area contributed by atoms with Crippen LogP contribution in [0.15, 0.2) is 41.4 Å². The van der Waals surface area contributed by atoms with Gasteiger partial charge in [0.05, 0.1) is 12.6 Å². The Morgan fingerprint density at radius 2 is 2.07 bits per heavy atom. The summed E-state index contributed by atoms with van der Waals surface area (Å²) in [6.07, 6.45) is 2.07.